The summed E-state index contributed by atoms with van der Waals surface area (Å²) in [6, 6.07) is 1.87. The molecule has 0 fully saturated rings. The number of nitrogens with one attached hydrogen (secondary N) is 2. The van der Waals surface area contributed by atoms with Gasteiger partial charge in [-0.1, -0.05) is 11.3 Å². The van der Waals surface area contributed by atoms with Crippen LogP contribution in [-0.2, 0) is 6.54 Å². The van der Waals surface area contributed by atoms with Crippen molar-refractivity contribution < 1.29 is 0 Å². The number of anilines is 1. The molecule has 2 aromatic heterocycles. The molecule has 84 valence electrons. The summed E-state index contributed by atoms with van der Waals surface area (Å²) < 4.78 is 0. The minimum absolute atomic E-state index is 0.0377. The van der Waals surface area contributed by atoms with Crippen LogP contribution in [0.5, 0.6) is 0 Å². The van der Waals surface area contributed by atoms with Crippen LogP contribution in [0.3, 0.4) is 0 Å². The number of aromatic amines is 1. The van der Waals surface area contributed by atoms with E-state index in [2.05, 4.69) is 20.3 Å². The van der Waals surface area contributed by atoms with E-state index in [-0.39, 0.29) is 4.87 Å². The Bertz CT molecular complexity index is 522. The van der Waals surface area contributed by atoms with Crippen molar-refractivity contribution >= 4 is 28.9 Å². The topological polar surface area (TPSA) is 70.7 Å². The lowest BCUT2D eigenvalue weighted by atomic mass is 10.4. The lowest BCUT2D eigenvalue weighted by Gasteiger charge is -2.03. The van der Waals surface area contributed by atoms with E-state index in [1.54, 1.807) is 17.1 Å². The molecule has 0 radical (unpaired) electrons. The zero-order valence-corrected chi connectivity index (χ0v) is 10.2. The van der Waals surface area contributed by atoms with Gasteiger partial charge in [-0.3, -0.25) is 4.79 Å². The highest BCUT2D eigenvalue weighted by molar-refractivity contribution is 7.98. The SMILES string of the molecule is CSc1cc(NCc2csc(=O)[nH]2)ncn1. The summed E-state index contributed by atoms with van der Waals surface area (Å²) in [5.74, 6) is 0.756. The summed E-state index contributed by atoms with van der Waals surface area (Å²) in [6.45, 7) is 0.559. The molecule has 0 atom stereocenters. The molecule has 2 aromatic rings. The maximum atomic E-state index is 10.9. The lowest BCUT2D eigenvalue weighted by molar-refractivity contribution is 0.998. The Morgan fingerprint density at radius 3 is 3.12 bits per heavy atom. The Morgan fingerprint density at radius 2 is 2.44 bits per heavy atom. The van der Waals surface area contributed by atoms with Crippen LogP contribution in [0.4, 0.5) is 5.82 Å². The standard InChI is InChI=1S/C9H10N4OS2/c1-15-8-2-7(11-5-12-8)10-3-6-4-16-9(14)13-6/h2,4-5H,3H2,1H3,(H,13,14)(H,10,11,12). The Balaban J connectivity index is 2.01. The average molecular weight is 254 g/mol. The first-order chi connectivity index (χ1) is 7.78. The van der Waals surface area contributed by atoms with Crippen LogP contribution < -0.4 is 10.2 Å². The number of thioether (sulfide) groups is 1. The van der Waals surface area contributed by atoms with Crippen molar-refractivity contribution in [3.63, 3.8) is 0 Å². The second-order valence-electron chi connectivity index (χ2n) is 2.97. The zero-order chi connectivity index (χ0) is 11.4. The summed E-state index contributed by atoms with van der Waals surface area (Å²) >= 11 is 2.72. The van der Waals surface area contributed by atoms with E-state index < -0.39 is 0 Å². The number of aromatic nitrogens is 3. The fourth-order valence-corrected chi connectivity index (χ4v) is 2.10. The molecule has 0 spiro atoms. The Hall–Kier alpha value is -1.34. The normalized spacial score (nSPS) is 10.3. The second kappa shape index (κ2) is 5.13. The number of hydrogen-bond donors (Lipinski definition) is 2. The molecule has 0 unspecified atom stereocenters. The molecule has 0 aliphatic heterocycles. The van der Waals surface area contributed by atoms with Crippen LogP contribution in [0.2, 0.25) is 0 Å². The van der Waals surface area contributed by atoms with Gasteiger partial charge in [-0.25, -0.2) is 9.97 Å². The average Bonchev–Trinajstić information content (AvgIpc) is 2.73. The van der Waals surface area contributed by atoms with E-state index in [1.807, 2.05) is 12.3 Å². The van der Waals surface area contributed by atoms with Gasteiger partial charge in [-0.15, -0.1) is 11.8 Å². The third-order valence-corrected chi connectivity index (χ3v) is 3.24. The fourth-order valence-electron chi connectivity index (χ4n) is 1.13. The van der Waals surface area contributed by atoms with Crippen molar-refractivity contribution in [1.82, 2.24) is 15.0 Å². The number of rotatable bonds is 4. The van der Waals surface area contributed by atoms with Gasteiger partial charge < -0.3 is 10.3 Å². The van der Waals surface area contributed by atoms with E-state index in [9.17, 15) is 4.79 Å². The van der Waals surface area contributed by atoms with Crippen molar-refractivity contribution in [2.75, 3.05) is 11.6 Å². The van der Waals surface area contributed by atoms with Crippen LogP contribution >= 0.6 is 23.1 Å². The van der Waals surface area contributed by atoms with Gasteiger partial charge in [0, 0.05) is 17.1 Å². The first-order valence-electron chi connectivity index (χ1n) is 4.54. The first kappa shape index (κ1) is 11.2. The highest BCUT2D eigenvalue weighted by Gasteiger charge is 1.99. The van der Waals surface area contributed by atoms with Gasteiger partial charge in [0.15, 0.2) is 0 Å². The minimum Gasteiger partial charge on any atom is -0.364 e. The second-order valence-corrected chi connectivity index (χ2v) is 4.64. The number of H-pyrrole nitrogens is 1. The van der Waals surface area contributed by atoms with Gasteiger partial charge in [-0.2, -0.15) is 0 Å². The van der Waals surface area contributed by atoms with E-state index in [1.165, 1.54) is 6.33 Å². The highest BCUT2D eigenvalue weighted by Crippen LogP contribution is 2.14. The summed E-state index contributed by atoms with van der Waals surface area (Å²) in [6.07, 6.45) is 3.48. The van der Waals surface area contributed by atoms with E-state index >= 15 is 0 Å². The molecule has 0 aliphatic rings. The van der Waals surface area contributed by atoms with E-state index in [4.69, 9.17) is 0 Å². The highest BCUT2D eigenvalue weighted by atomic mass is 32.2. The molecule has 16 heavy (non-hydrogen) atoms. The summed E-state index contributed by atoms with van der Waals surface area (Å²) in [4.78, 5) is 21.8. The zero-order valence-electron chi connectivity index (χ0n) is 8.56. The molecule has 0 saturated carbocycles. The molecular formula is C9H10N4OS2. The number of nitrogens with zero attached hydrogens (tertiary/aromatic N) is 2. The van der Waals surface area contributed by atoms with Crippen LogP contribution in [0.1, 0.15) is 5.69 Å². The first-order valence-corrected chi connectivity index (χ1v) is 6.65. The lowest BCUT2D eigenvalue weighted by Crippen LogP contribution is -2.04. The smallest absolute Gasteiger partial charge is 0.304 e. The Labute approximate surface area is 100 Å². The monoisotopic (exact) mass is 254 g/mol. The van der Waals surface area contributed by atoms with Gasteiger partial charge in [0.2, 0.25) is 0 Å². The van der Waals surface area contributed by atoms with Gasteiger partial charge >= 0.3 is 4.87 Å². The predicted molar refractivity (Wildman–Crippen MR) is 66.1 cm³/mol. The van der Waals surface area contributed by atoms with Gasteiger partial charge in [-0.05, 0) is 6.26 Å². The minimum atomic E-state index is -0.0377. The van der Waals surface area contributed by atoms with Crippen LogP contribution in [0.25, 0.3) is 0 Å². The van der Waals surface area contributed by atoms with Crippen molar-refractivity contribution in [2.24, 2.45) is 0 Å². The fraction of sp³-hybridized carbons (Fsp3) is 0.222. The molecule has 0 amide bonds. The van der Waals surface area contributed by atoms with Crippen molar-refractivity contribution in [3.8, 4) is 0 Å². The van der Waals surface area contributed by atoms with Gasteiger partial charge in [0.25, 0.3) is 0 Å². The molecule has 2 N–H and O–H groups in total. The van der Waals surface area contributed by atoms with Crippen molar-refractivity contribution in [1.29, 1.82) is 0 Å². The largest absolute Gasteiger partial charge is 0.364 e. The Morgan fingerprint density at radius 1 is 1.56 bits per heavy atom. The number of hydrogen-bond acceptors (Lipinski definition) is 6. The van der Waals surface area contributed by atoms with Gasteiger partial charge in [0.05, 0.1) is 6.54 Å². The molecular weight excluding hydrogens is 244 g/mol. The molecule has 2 heterocycles. The molecule has 0 aliphatic carbocycles. The maximum absolute atomic E-state index is 10.9. The molecule has 0 aromatic carbocycles. The summed E-state index contributed by atoms with van der Waals surface area (Å²) in [5, 5.41) is 5.83. The molecule has 5 nitrogen and oxygen atoms in total. The van der Waals surface area contributed by atoms with Crippen LogP contribution in [0.15, 0.2) is 27.6 Å². The summed E-state index contributed by atoms with van der Waals surface area (Å²) in [7, 11) is 0. The van der Waals surface area contributed by atoms with Crippen molar-refractivity contribution in [2.45, 2.75) is 11.6 Å². The molecule has 2 rings (SSSR count). The van der Waals surface area contributed by atoms with Crippen molar-refractivity contribution in [3.05, 3.63) is 33.1 Å². The number of thiazole rings is 1. The molecule has 7 heteroatoms. The molecule has 0 bridgehead atoms. The Kier molecular flexibility index (Phi) is 3.58. The molecule has 0 saturated heterocycles. The predicted octanol–water partition coefficient (Wildman–Crippen LogP) is 1.56. The van der Waals surface area contributed by atoms with Crippen LogP contribution in [0, 0.1) is 0 Å². The summed E-state index contributed by atoms with van der Waals surface area (Å²) in [5.41, 5.74) is 0.860. The van der Waals surface area contributed by atoms with E-state index in [0.717, 1.165) is 27.9 Å². The van der Waals surface area contributed by atoms with Crippen LogP contribution in [-0.4, -0.2) is 21.2 Å². The van der Waals surface area contributed by atoms with E-state index in [0.29, 0.717) is 6.54 Å². The third kappa shape index (κ3) is 2.83. The third-order valence-electron chi connectivity index (χ3n) is 1.88. The maximum Gasteiger partial charge on any atom is 0.304 e. The van der Waals surface area contributed by atoms with Gasteiger partial charge in [0.1, 0.15) is 17.2 Å². The quantitative estimate of drug-likeness (QED) is 0.640.